The largest absolute Gasteiger partial charge is 0.477 e. The number of aromatic carboxylic acids is 1. The fourth-order valence-electron chi connectivity index (χ4n) is 2.37. The molecule has 0 aliphatic carbocycles. The average Bonchev–Trinajstić information content (AvgIpc) is 2.75. The Kier molecular flexibility index (Phi) is 2.72. The summed E-state index contributed by atoms with van der Waals surface area (Å²) in [6, 6.07) is 7.07. The van der Waals surface area contributed by atoms with Gasteiger partial charge in [-0.3, -0.25) is 20.2 Å². The first-order valence-corrected chi connectivity index (χ1v) is 6.03. The molecule has 0 saturated heterocycles. The van der Waals surface area contributed by atoms with Gasteiger partial charge in [0.1, 0.15) is 11.5 Å². The lowest BCUT2D eigenvalue weighted by molar-refractivity contribution is 0.0690. The Hall–Kier alpha value is -3.16. The number of aromatic nitrogens is 2. The second-order valence-electron chi connectivity index (χ2n) is 4.53. The first-order chi connectivity index (χ1) is 9.99. The maximum Gasteiger partial charge on any atom is 0.354 e. The molecule has 4 N–H and O–H groups in total. The maximum absolute atomic E-state index is 12.0. The molecule has 1 aliphatic rings. The van der Waals surface area contributed by atoms with Crippen LogP contribution in [0.4, 0.5) is 5.69 Å². The number of aromatic amines is 2. The van der Waals surface area contributed by atoms with Crippen molar-refractivity contribution in [3.8, 4) is 0 Å². The molecule has 21 heavy (non-hydrogen) atoms. The fourth-order valence-corrected chi connectivity index (χ4v) is 2.37. The van der Waals surface area contributed by atoms with Crippen molar-refractivity contribution in [2.24, 2.45) is 0 Å². The number of nitrogens with one attached hydrogen (secondary N) is 3. The second kappa shape index (κ2) is 4.44. The summed E-state index contributed by atoms with van der Waals surface area (Å²) >= 11 is 0. The molecule has 2 aromatic rings. The van der Waals surface area contributed by atoms with E-state index in [0.29, 0.717) is 5.56 Å². The lowest BCUT2D eigenvalue weighted by Crippen LogP contribution is -2.36. The van der Waals surface area contributed by atoms with Crippen LogP contribution in [0.3, 0.4) is 0 Å². The molecule has 0 atom stereocenters. The molecule has 0 bridgehead atoms. The molecule has 0 amide bonds. The van der Waals surface area contributed by atoms with E-state index < -0.39 is 22.9 Å². The van der Waals surface area contributed by atoms with E-state index in [1.807, 2.05) is 4.98 Å². The Morgan fingerprint density at radius 1 is 1.24 bits per heavy atom. The highest BCUT2D eigenvalue weighted by Gasteiger charge is 2.30. The molecule has 0 spiro atoms. The highest BCUT2D eigenvalue weighted by Crippen LogP contribution is 2.27. The number of carboxylic acid groups (broad SMARTS) is 1. The quantitative estimate of drug-likeness (QED) is 0.622. The van der Waals surface area contributed by atoms with E-state index in [0.717, 1.165) is 5.56 Å². The monoisotopic (exact) mass is 286 g/mol. The second-order valence-corrected chi connectivity index (χ2v) is 4.53. The zero-order chi connectivity index (χ0) is 15.1. The number of nitrogens with zero attached hydrogens (tertiary/aromatic N) is 1. The molecule has 8 heteroatoms. The fraction of sp³-hybridized carbons (Fsp3) is 0.0769. The topological polar surface area (TPSA) is 130 Å². The summed E-state index contributed by atoms with van der Waals surface area (Å²) in [4.78, 5) is 39.8. The highest BCUT2D eigenvalue weighted by atomic mass is 16.4. The highest BCUT2D eigenvalue weighted by molar-refractivity contribution is 6.13. The van der Waals surface area contributed by atoms with Gasteiger partial charge in [-0.05, 0) is 5.56 Å². The minimum atomic E-state index is -1.43. The van der Waals surface area contributed by atoms with Crippen molar-refractivity contribution in [3.05, 3.63) is 61.9 Å². The summed E-state index contributed by atoms with van der Waals surface area (Å²) in [6.07, 6.45) is 0. The van der Waals surface area contributed by atoms with Crippen molar-refractivity contribution in [2.45, 2.75) is 6.54 Å². The lowest BCUT2D eigenvalue weighted by Gasteiger charge is -2.18. The van der Waals surface area contributed by atoms with E-state index in [2.05, 4.69) is 4.98 Å². The number of anilines is 1. The summed E-state index contributed by atoms with van der Waals surface area (Å²) in [5, 5.41) is 17.3. The van der Waals surface area contributed by atoms with E-state index in [4.69, 9.17) is 10.5 Å². The van der Waals surface area contributed by atoms with Gasteiger partial charge in [-0.1, -0.05) is 24.3 Å². The molecule has 0 fully saturated rings. The van der Waals surface area contributed by atoms with Crippen molar-refractivity contribution < 1.29 is 9.90 Å². The summed E-state index contributed by atoms with van der Waals surface area (Å²) < 4.78 is 0. The first-order valence-electron chi connectivity index (χ1n) is 6.03. The zero-order valence-corrected chi connectivity index (χ0v) is 10.6. The van der Waals surface area contributed by atoms with Crippen molar-refractivity contribution in [3.63, 3.8) is 0 Å². The number of H-pyrrole nitrogens is 2. The lowest BCUT2D eigenvalue weighted by atomic mass is 10.1. The van der Waals surface area contributed by atoms with Crippen LogP contribution in [0.15, 0.2) is 33.9 Å². The van der Waals surface area contributed by atoms with Gasteiger partial charge in [0, 0.05) is 5.56 Å². The van der Waals surface area contributed by atoms with Gasteiger partial charge in [-0.25, -0.2) is 9.59 Å². The number of hydrogen-bond donors (Lipinski definition) is 4. The Morgan fingerprint density at radius 3 is 2.62 bits per heavy atom. The number of amidine groups is 1. The average molecular weight is 286 g/mol. The number of fused-ring (bicyclic) bond motifs is 1. The standard InChI is InChI=1S/C13H10N4O4/c14-10-7-4-2-1-3-6(7)5-17(10)9-8(12(19)20)15-13(21)16-11(9)18/h1-4,14H,5H2,(H,19,20)(H2,15,16,18,21). The van der Waals surface area contributed by atoms with E-state index in [9.17, 15) is 14.4 Å². The Labute approximate surface area is 117 Å². The molecular weight excluding hydrogens is 276 g/mol. The number of carbonyl (C=O) groups is 1. The van der Waals surface area contributed by atoms with Crippen LogP contribution in [0.5, 0.6) is 0 Å². The van der Waals surface area contributed by atoms with Crippen LogP contribution in [0.25, 0.3) is 0 Å². The predicted octanol–water partition coefficient (Wildman–Crippen LogP) is 0.107. The van der Waals surface area contributed by atoms with Crippen molar-refractivity contribution in [2.75, 3.05) is 4.90 Å². The Bertz CT molecular complexity index is 880. The van der Waals surface area contributed by atoms with Crippen LogP contribution in [0, 0.1) is 5.41 Å². The molecule has 1 aromatic carbocycles. The van der Waals surface area contributed by atoms with Gasteiger partial charge < -0.3 is 10.0 Å². The van der Waals surface area contributed by atoms with Crippen LogP contribution in [-0.2, 0) is 6.54 Å². The van der Waals surface area contributed by atoms with E-state index >= 15 is 0 Å². The van der Waals surface area contributed by atoms with Crippen LogP contribution >= 0.6 is 0 Å². The minimum absolute atomic E-state index is 0.0191. The first kappa shape index (κ1) is 12.9. The molecule has 3 rings (SSSR count). The molecule has 0 saturated carbocycles. The SMILES string of the molecule is N=C1c2ccccc2CN1c1c(C(=O)O)[nH]c(=O)[nH]c1=O. The van der Waals surface area contributed by atoms with Gasteiger partial charge in [0.25, 0.3) is 5.56 Å². The van der Waals surface area contributed by atoms with Gasteiger partial charge in [-0.2, -0.15) is 0 Å². The van der Waals surface area contributed by atoms with Crippen LogP contribution < -0.4 is 16.1 Å². The van der Waals surface area contributed by atoms with Gasteiger partial charge in [0.05, 0.1) is 6.54 Å². The number of hydrogen-bond acceptors (Lipinski definition) is 4. The van der Waals surface area contributed by atoms with Crippen LogP contribution in [-0.4, -0.2) is 26.9 Å². The van der Waals surface area contributed by atoms with Gasteiger partial charge in [-0.15, -0.1) is 0 Å². The molecule has 1 aliphatic heterocycles. The molecule has 106 valence electrons. The minimum Gasteiger partial charge on any atom is -0.477 e. The van der Waals surface area contributed by atoms with E-state index in [-0.39, 0.29) is 18.1 Å². The van der Waals surface area contributed by atoms with Gasteiger partial charge in [0.2, 0.25) is 0 Å². The molecular formula is C13H10N4O4. The summed E-state index contributed by atoms with van der Waals surface area (Å²) in [6.45, 7) is 0.199. The Morgan fingerprint density at radius 2 is 1.95 bits per heavy atom. The zero-order valence-electron chi connectivity index (χ0n) is 10.6. The summed E-state index contributed by atoms with van der Waals surface area (Å²) in [5.74, 6) is -1.41. The molecule has 2 heterocycles. The van der Waals surface area contributed by atoms with Crippen LogP contribution in [0.1, 0.15) is 21.6 Å². The smallest absolute Gasteiger partial charge is 0.354 e. The molecule has 0 radical (unpaired) electrons. The predicted molar refractivity (Wildman–Crippen MR) is 74.1 cm³/mol. The van der Waals surface area contributed by atoms with Crippen molar-refractivity contribution in [1.29, 1.82) is 5.41 Å². The third-order valence-electron chi connectivity index (χ3n) is 3.27. The number of rotatable bonds is 2. The molecule has 1 aromatic heterocycles. The number of carboxylic acids is 1. The van der Waals surface area contributed by atoms with Gasteiger partial charge >= 0.3 is 11.7 Å². The van der Waals surface area contributed by atoms with Crippen molar-refractivity contribution in [1.82, 2.24) is 9.97 Å². The maximum atomic E-state index is 12.0. The molecule has 8 nitrogen and oxygen atoms in total. The summed E-state index contributed by atoms with van der Waals surface area (Å²) in [7, 11) is 0. The van der Waals surface area contributed by atoms with Crippen molar-refractivity contribution >= 4 is 17.5 Å². The van der Waals surface area contributed by atoms with Crippen LogP contribution in [0.2, 0.25) is 0 Å². The molecule has 0 unspecified atom stereocenters. The third kappa shape index (κ3) is 1.93. The summed E-state index contributed by atoms with van der Waals surface area (Å²) in [5.41, 5.74) is -1.08. The van der Waals surface area contributed by atoms with E-state index in [1.54, 1.807) is 24.3 Å². The third-order valence-corrected chi connectivity index (χ3v) is 3.27. The van der Waals surface area contributed by atoms with Gasteiger partial charge in [0.15, 0.2) is 5.69 Å². The Balaban J connectivity index is 2.20. The normalized spacial score (nSPS) is 13.3. The number of benzene rings is 1. The van der Waals surface area contributed by atoms with E-state index in [1.165, 1.54) is 4.90 Å².